The van der Waals surface area contributed by atoms with E-state index >= 15 is 0 Å². The van der Waals surface area contributed by atoms with Gasteiger partial charge in [0.2, 0.25) is 21.0 Å². The van der Waals surface area contributed by atoms with Crippen molar-refractivity contribution in [1.82, 2.24) is 0 Å². The molecule has 0 spiro atoms. The van der Waals surface area contributed by atoms with Crippen LogP contribution in [0, 0.1) is 26.4 Å². The summed E-state index contributed by atoms with van der Waals surface area (Å²) in [6.07, 6.45) is 1.97. The molecule has 0 bridgehead atoms. The second-order valence-corrected chi connectivity index (χ2v) is 20.9. The number of hydrogen-bond donors (Lipinski definition) is 0. The number of para-hydroxylation sites is 2. The molecule has 4 atom stereocenters. The maximum absolute atomic E-state index is 8.49. The van der Waals surface area contributed by atoms with E-state index in [4.69, 9.17) is 84.6 Å². The Morgan fingerprint density at radius 1 is 0.405 bits per heavy atom. The van der Waals surface area contributed by atoms with E-state index in [1.54, 1.807) is 0 Å². The third-order valence-electron chi connectivity index (χ3n) is 12.6. The summed E-state index contributed by atoms with van der Waals surface area (Å²) < 4.78 is 136. The van der Waals surface area contributed by atoms with Gasteiger partial charge in [0.05, 0.1) is 91.6 Å². The van der Waals surface area contributed by atoms with Crippen molar-refractivity contribution in [1.29, 1.82) is 0 Å². The first-order valence-electron chi connectivity index (χ1n) is 24.1. The SMILES string of the molecule is [O-][Cl+3]([O-])([O-])[O-].[O-][Cl+3]([O-])([O-])[O-].c1ccc2c(c1)sc1[n+]2CCC[n+]2c(sc3ccccc32)[C@@H]2[C@H](C1)[C@@H](c1ccc3c(c1)OCCOCCOCCOCCO3)[C@H]2c1ccc2c(c1)OCCOCCOCCOCCO2. The van der Waals surface area contributed by atoms with Gasteiger partial charge in [-0.3, -0.25) is 0 Å². The van der Waals surface area contributed by atoms with Gasteiger partial charge in [-0.25, -0.2) is 37.3 Å². The van der Waals surface area contributed by atoms with Crippen molar-refractivity contribution in [2.24, 2.45) is 5.92 Å². The number of rotatable bonds is 2. The van der Waals surface area contributed by atoms with Crippen LogP contribution in [-0.2, 0) is 47.9 Å². The minimum atomic E-state index is -4.94. The van der Waals surface area contributed by atoms with E-state index < -0.39 is 20.5 Å². The van der Waals surface area contributed by atoms with Gasteiger partial charge in [-0.05, 0) is 59.4 Å². The van der Waals surface area contributed by atoms with Gasteiger partial charge >= 0.3 is 0 Å². The van der Waals surface area contributed by atoms with Crippen molar-refractivity contribution in [3.8, 4) is 23.0 Å². The number of halogens is 2. The lowest BCUT2D eigenvalue weighted by atomic mass is 9.51. The highest BCUT2D eigenvalue weighted by molar-refractivity contribution is 7.18. The maximum Gasteiger partial charge on any atom is 0.242 e. The molecule has 0 amide bonds. The second-order valence-electron chi connectivity index (χ2n) is 17.2. The molecule has 10 rings (SSSR count). The van der Waals surface area contributed by atoms with E-state index in [0.717, 1.165) is 25.9 Å². The topological polar surface area (TPSA) is 285 Å². The van der Waals surface area contributed by atoms with Gasteiger partial charge in [0.15, 0.2) is 36.1 Å². The summed E-state index contributed by atoms with van der Waals surface area (Å²) in [7, 11) is -9.89. The summed E-state index contributed by atoms with van der Waals surface area (Å²) in [5.41, 5.74) is 5.05. The van der Waals surface area contributed by atoms with Gasteiger partial charge in [0.25, 0.3) is 0 Å². The number of fused-ring (bicyclic) bond motifs is 10. The molecule has 4 aliphatic rings. The molecule has 0 N–H and O–H groups in total. The van der Waals surface area contributed by atoms with Gasteiger partial charge in [-0.15, -0.1) is 20.5 Å². The zero-order chi connectivity index (χ0) is 51.9. The lowest BCUT2D eigenvalue weighted by molar-refractivity contribution is -2.00. The quantitative estimate of drug-likeness (QED) is 0.166. The number of ether oxygens (including phenoxy) is 10. The molecular formula is C50H58Cl2N2O18S2. The van der Waals surface area contributed by atoms with E-state index in [1.165, 1.54) is 41.6 Å². The van der Waals surface area contributed by atoms with Gasteiger partial charge in [-0.1, -0.05) is 59.1 Å². The van der Waals surface area contributed by atoms with Crippen LogP contribution in [0.5, 0.6) is 23.0 Å². The molecule has 2 aromatic heterocycles. The fourth-order valence-corrected chi connectivity index (χ4v) is 12.4. The summed E-state index contributed by atoms with van der Waals surface area (Å²) >= 11 is 3.90. The van der Waals surface area contributed by atoms with E-state index in [1.807, 2.05) is 22.7 Å². The Labute approximate surface area is 439 Å². The Hall–Kier alpha value is -4.12. The van der Waals surface area contributed by atoms with Crippen LogP contribution in [0.2, 0.25) is 0 Å². The molecule has 5 heterocycles. The maximum atomic E-state index is 8.49. The third kappa shape index (κ3) is 16.0. The van der Waals surface area contributed by atoms with Crippen LogP contribution in [0.3, 0.4) is 0 Å². The lowest BCUT2D eigenvalue weighted by Gasteiger charge is -2.50. The van der Waals surface area contributed by atoms with Gasteiger partial charge in [-0.2, -0.15) is 9.13 Å². The number of thiazole rings is 2. The number of nitrogens with zero attached hydrogens (tertiary/aromatic N) is 2. The van der Waals surface area contributed by atoms with Crippen LogP contribution >= 0.6 is 22.7 Å². The molecular weight excluding hydrogens is 1050 g/mol. The van der Waals surface area contributed by atoms with Crippen LogP contribution in [0.15, 0.2) is 84.9 Å². The number of hydrogen-bond acceptors (Lipinski definition) is 20. The highest BCUT2D eigenvalue weighted by Gasteiger charge is 2.58. The lowest BCUT2D eigenvalue weighted by Crippen LogP contribution is -2.68. The second kappa shape index (κ2) is 27.3. The molecule has 1 aliphatic carbocycles. The minimum Gasteiger partial charge on any atom is -0.487 e. The fourth-order valence-electron chi connectivity index (χ4n) is 9.75. The smallest absolute Gasteiger partial charge is 0.242 e. The summed E-state index contributed by atoms with van der Waals surface area (Å²) in [4.78, 5) is 0. The van der Waals surface area contributed by atoms with Crippen LogP contribution < -0.4 is 65.4 Å². The highest BCUT2D eigenvalue weighted by atomic mass is 35.7. The molecule has 74 heavy (non-hydrogen) atoms. The zero-order valence-electron chi connectivity index (χ0n) is 40.3. The predicted molar refractivity (Wildman–Crippen MR) is 244 cm³/mol. The Morgan fingerprint density at radius 2 is 0.784 bits per heavy atom. The minimum absolute atomic E-state index is 0.103. The molecule has 0 radical (unpaired) electrons. The summed E-state index contributed by atoms with van der Waals surface area (Å²) in [5.74, 6) is 3.53. The summed E-state index contributed by atoms with van der Waals surface area (Å²) in [5, 5.41) is 2.85. The molecule has 402 valence electrons. The van der Waals surface area contributed by atoms with E-state index in [0.29, 0.717) is 129 Å². The van der Waals surface area contributed by atoms with Crippen molar-refractivity contribution in [3.05, 3.63) is 106 Å². The molecule has 3 aliphatic heterocycles. The summed E-state index contributed by atoms with van der Waals surface area (Å²) in [6, 6.07) is 31.0. The van der Waals surface area contributed by atoms with Gasteiger partial charge in [0, 0.05) is 24.5 Å². The third-order valence-corrected chi connectivity index (χ3v) is 15.1. The van der Waals surface area contributed by atoms with Crippen molar-refractivity contribution in [3.63, 3.8) is 0 Å². The summed E-state index contributed by atoms with van der Waals surface area (Å²) in [6.45, 7) is 9.40. The largest absolute Gasteiger partial charge is 0.487 e. The molecule has 20 nitrogen and oxygen atoms in total. The molecule has 1 fully saturated rings. The van der Waals surface area contributed by atoms with Gasteiger partial charge in [0.1, 0.15) is 35.8 Å². The van der Waals surface area contributed by atoms with Crippen LogP contribution in [0.25, 0.3) is 20.4 Å². The molecule has 4 aromatic carbocycles. The molecule has 24 heteroatoms. The average molecular weight is 1110 g/mol. The molecule has 0 unspecified atom stereocenters. The predicted octanol–water partition coefficient (Wildman–Crippen LogP) is -2.25. The van der Waals surface area contributed by atoms with E-state index in [2.05, 4.69) is 94.1 Å². The number of benzene rings is 4. The highest BCUT2D eigenvalue weighted by Crippen LogP contribution is 2.64. The Morgan fingerprint density at radius 3 is 1.26 bits per heavy atom. The van der Waals surface area contributed by atoms with Crippen molar-refractivity contribution >= 4 is 43.1 Å². The first kappa shape index (κ1) is 56.1. The van der Waals surface area contributed by atoms with Crippen molar-refractivity contribution in [2.45, 2.75) is 43.7 Å². The first-order chi connectivity index (χ1) is 35.8. The first-order valence-corrected chi connectivity index (χ1v) is 28.2. The van der Waals surface area contributed by atoms with Crippen LogP contribution in [0.4, 0.5) is 0 Å². The van der Waals surface area contributed by atoms with Crippen molar-refractivity contribution < 1.29 is 114 Å². The normalized spacial score (nSPS) is 21.9. The van der Waals surface area contributed by atoms with Crippen LogP contribution in [0.1, 0.15) is 45.3 Å². The number of aromatic nitrogens is 2. The molecule has 6 aromatic rings. The number of aryl methyl sites for hydroxylation is 2. The Kier molecular flexibility index (Phi) is 20.7. The van der Waals surface area contributed by atoms with Crippen LogP contribution in [-0.4, -0.2) is 106 Å². The average Bonchev–Trinajstić information content (AvgIpc) is 3.89. The van der Waals surface area contributed by atoms with E-state index in [-0.39, 0.29) is 23.7 Å². The Balaban J connectivity index is 0.000000667. The monoisotopic (exact) mass is 1110 g/mol. The molecule has 0 saturated heterocycles. The standard InChI is InChI=1S/C50H58N2O10S2.2ClHO4/c1-3-8-44-38(6-1)51-14-5-15-52-39-7-2-4-9-45(39)64-50(52)49-37(34-46(51)63-44)47(35-10-12-40-42(32-35)61-30-26-57-22-18-53-16-20-55-24-28-59-40)48(49)36-11-13-41-43(33-36)62-31-27-58-23-19-54-17-21-56-25-29-60-41;2*2-1(3,4)5/h1-4,6-13,32-33,37,47-49H,5,14-31,34H2;2*(H,2,3,4,5)/q+2;;/p-2/t37-,47-,48-,49-;;/m1../s1. The van der Waals surface area contributed by atoms with E-state index in [9.17, 15) is 0 Å². The zero-order valence-corrected chi connectivity index (χ0v) is 43.5. The fraction of sp³-hybridized carbons (Fsp3) is 0.480. The molecule has 1 saturated carbocycles. The van der Waals surface area contributed by atoms with Crippen molar-refractivity contribution in [2.75, 3.05) is 106 Å². The Bertz CT molecular complexity index is 2680. The van der Waals surface area contributed by atoms with Gasteiger partial charge < -0.3 is 47.4 Å².